The number of para-hydroxylation sites is 1. The highest BCUT2D eigenvalue weighted by molar-refractivity contribution is 7.92. The minimum absolute atomic E-state index is 0.0968. The van der Waals surface area contributed by atoms with E-state index in [1.807, 2.05) is 6.92 Å². The molecule has 2 aliphatic rings. The molecule has 1 spiro atoms. The molecule has 224 valence electrons. The third kappa shape index (κ3) is 5.52. The fourth-order valence-electron chi connectivity index (χ4n) is 5.40. The summed E-state index contributed by atoms with van der Waals surface area (Å²) in [5, 5.41) is 8.79. The average molecular weight is 624 g/mol. The molecule has 0 saturated heterocycles. The maximum absolute atomic E-state index is 13.1. The van der Waals surface area contributed by atoms with Crippen molar-refractivity contribution < 1.29 is 31.1 Å². The third-order valence-electron chi connectivity index (χ3n) is 7.67. The van der Waals surface area contributed by atoms with Gasteiger partial charge in [-0.05, 0) is 69.0 Å². The first-order chi connectivity index (χ1) is 19.7. The normalized spacial score (nSPS) is 21.6. The van der Waals surface area contributed by atoms with Crippen molar-refractivity contribution in [3.63, 3.8) is 0 Å². The number of nitrogens with zero attached hydrogens (tertiary/aromatic N) is 2. The fourth-order valence-corrected chi connectivity index (χ4v) is 6.74. The van der Waals surface area contributed by atoms with Crippen molar-refractivity contribution in [2.24, 2.45) is 5.92 Å². The molecule has 3 aromatic rings. The molecule has 3 atom stereocenters. The number of hydrogen-bond donors (Lipinski definition) is 3. The van der Waals surface area contributed by atoms with Crippen LogP contribution in [0, 0.1) is 5.92 Å². The molecule has 0 radical (unpaired) electrons. The van der Waals surface area contributed by atoms with Crippen LogP contribution in [0.15, 0.2) is 47.5 Å². The number of carbonyl (C=O) groups excluding carboxylic acids is 1. The van der Waals surface area contributed by atoms with Crippen molar-refractivity contribution in [2.45, 2.75) is 61.5 Å². The number of alkyl halides is 3. The first kappa shape index (κ1) is 30.1. The number of ether oxygens (including phenoxy) is 1. The van der Waals surface area contributed by atoms with E-state index >= 15 is 0 Å². The van der Waals surface area contributed by atoms with Gasteiger partial charge in [0.05, 0.1) is 34.8 Å². The number of halogens is 4. The molecule has 14 heteroatoms. The lowest BCUT2D eigenvalue weighted by Crippen LogP contribution is -2.44. The van der Waals surface area contributed by atoms with Crippen LogP contribution in [0.1, 0.15) is 44.4 Å². The van der Waals surface area contributed by atoms with Crippen LogP contribution in [0.2, 0.25) is 5.02 Å². The number of nitrogens with one attached hydrogen (secondary N) is 3. The van der Waals surface area contributed by atoms with Crippen LogP contribution >= 0.6 is 11.6 Å². The Kier molecular flexibility index (Phi) is 7.65. The molecule has 1 aliphatic heterocycles. The maximum Gasteiger partial charge on any atom is 0.450 e. The molecule has 0 amide bonds. The molecule has 2 heterocycles. The van der Waals surface area contributed by atoms with Gasteiger partial charge < -0.3 is 20.7 Å². The zero-order valence-electron chi connectivity index (χ0n) is 23.1. The fraction of sp³-hybridized carbons (Fsp3) is 0.393. The Bertz CT molecular complexity index is 1670. The minimum atomic E-state index is -4.89. The Morgan fingerprint density at radius 2 is 1.90 bits per heavy atom. The average Bonchev–Trinajstić information content (AvgIpc) is 3.60. The molecule has 1 saturated carbocycles. The molecule has 5 rings (SSSR count). The molecular formula is C28H29ClF3N5O4S. The summed E-state index contributed by atoms with van der Waals surface area (Å²) in [6.07, 6.45) is -3.20. The van der Waals surface area contributed by atoms with Crippen molar-refractivity contribution >= 4 is 50.4 Å². The predicted octanol–water partition coefficient (Wildman–Crippen LogP) is 5.90. The number of hydrogen-bond acceptors (Lipinski definition) is 9. The van der Waals surface area contributed by atoms with Crippen LogP contribution in [0.25, 0.3) is 0 Å². The van der Waals surface area contributed by atoms with Crippen molar-refractivity contribution in [1.82, 2.24) is 15.3 Å². The number of sulfone groups is 1. The lowest BCUT2D eigenvalue weighted by atomic mass is 9.87. The summed E-state index contributed by atoms with van der Waals surface area (Å²) >= 11 is 6.35. The van der Waals surface area contributed by atoms with Crippen LogP contribution < -0.4 is 20.7 Å². The second kappa shape index (κ2) is 10.7. The second-order valence-electron chi connectivity index (χ2n) is 10.8. The topological polar surface area (TPSA) is 122 Å². The van der Waals surface area contributed by atoms with Crippen molar-refractivity contribution in [2.75, 3.05) is 17.7 Å². The number of carbonyl (C=O) groups is 1. The monoisotopic (exact) mass is 623 g/mol. The van der Waals surface area contributed by atoms with Crippen LogP contribution in [0.5, 0.6) is 5.75 Å². The van der Waals surface area contributed by atoms with E-state index in [0.717, 1.165) is 11.1 Å². The molecular weight excluding hydrogens is 595 g/mol. The number of benzene rings is 2. The molecule has 1 aliphatic carbocycles. The third-order valence-corrected chi connectivity index (χ3v) is 10.2. The van der Waals surface area contributed by atoms with Gasteiger partial charge in [0.15, 0.2) is 15.7 Å². The second-order valence-corrected chi connectivity index (χ2v) is 13.7. The number of aromatic nitrogens is 2. The largest absolute Gasteiger partial charge is 0.495 e. The lowest BCUT2D eigenvalue weighted by Gasteiger charge is -2.33. The van der Waals surface area contributed by atoms with Crippen molar-refractivity contribution in [3.05, 3.63) is 58.7 Å². The van der Waals surface area contributed by atoms with Gasteiger partial charge in [0.1, 0.15) is 10.8 Å². The van der Waals surface area contributed by atoms with Gasteiger partial charge in [-0.1, -0.05) is 23.7 Å². The summed E-state index contributed by atoms with van der Waals surface area (Å²) in [5.41, 5.74) is 1.40. The van der Waals surface area contributed by atoms with Gasteiger partial charge in [0.2, 0.25) is 11.7 Å². The van der Waals surface area contributed by atoms with Crippen LogP contribution in [-0.2, 0) is 21.1 Å². The molecule has 3 N–H and O–H groups in total. The first-order valence-electron chi connectivity index (χ1n) is 13.2. The van der Waals surface area contributed by atoms with E-state index in [1.165, 1.54) is 19.4 Å². The van der Waals surface area contributed by atoms with Gasteiger partial charge in [-0.3, -0.25) is 4.79 Å². The first-order valence-corrected chi connectivity index (χ1v) is 15.1. The summed E-state index contributed by atoms with van der Waals surface area (Å²) in [5.74, 6) is -2.14. The molecule has 1 aromatic heterocycles. The molecule has 1 fully saturated rings. The van der Waals surface area contributed by atoms with Crippen molar-refractivity contribution in [1.29, 1.82) is 0 Å². The van der Waals surface area contributed by atoms with Gasteiger partial charge >= 0.3 is 6.18 Å². The number of Topliss-reactive ketones (excluding diaryl/α,β-unsaturated/α-hetero) is 1. The number of methoxy groups -OCH3 is 1. The molecule has 2 aromatic carbocycles. The molecule has 3 unspecified atom stereocenters. The van der Waals surface area contributed by atoms with Gasteiger partial charge in [-0.2, -0.15) is 18.2 Å². The van der Waals surface area contributed by atoms with Crippen LogP contribution in [-0.4, -0.2) is 48.2 Å². The van der Waals surface area contributed by atoms with Crippen molar-refractivity contribution in [3.8, 4) is 5.75 Å². The molecule has 0 bridgehead atoms. The smallest absolute Gasteiger partial charge is 0.450 e. The van der Waals surface area contributed by atoms with E-state index < -0.39 is 38.5 Å². The molecule has 9 nitrogen and oxygen atoms in total. The van der Waals surface area contributed by atoms with E-state index in [0.29, 0.717) is 17.1 Å². The summed E-state index contributed by atoms with van der Waals surface area (Å²) in [6.45, 7) is 5.01. The van der Waals surface area contributed by atoms with Crippen LogP contribution in [0.3, 0.4) is 0 Å². The van der Waals surface area contributed by atoms with Gasteiger partial charge in [0, 0.05) is 17.5 Å². The van der Waals surface area contributed by atoms with E-state index in [1.54, 1.807) is 44.2 Å². The Hall–Kier alpha value is -3.42. The van der Waals surface area contributed by atoms with Gasteiger partial charge in [-0.25, -0.2) is 13.4 Å². The highest BCUT2D eigenvalue weighted by atomic mass is 35.5. The Balaban J connectivity index is 1.44. The van der Waals surface area contributed by atoms with Crippen LogP contribution in [0.4, 0.5) is 36.3 Å². The number of fused-ring (bicyclic) bond motifs is 1. The van der Waals surface area contributed by atoms with E-state index in [-0.39, 0.29) is 40.6 Å². The van der Waals surface area contributed by atoms with E-state index in [4.69, 9.17) is 16.3 Å². The maximum atomic E-state index is 13.1. The summed E-state index contributed by atoms with van der Waals surface area (Å²) < 4.78 is 70.7. The number of anilines is 4. The lowest BCUT2D eigenvalue weighted by molar-refractivity contribution is -0.173. The summed E-state index contributed by atoms with van der Waals surface area (Å²) in [4.78, 5) is 20.7. The van der Waals surface area contributed by atoms with Gasteiger partial charge in [0.25, 0.3) is 0 Å². The van der Waals surface area contributed by atoms with E-state index in [2.05, 4.69) is 25.9 Å². The summed E-state index contributed by atoms with van der Waals surface area (Å²) in [7, 11) is -2.13. The van der Waals surface area contributed by atoms with E-state index in [9.17, 15) is 26.4 Å². The Morgan fingerprint density at radius 1 is 1.19 bits per heavy atom. The Labute approximate surface area is 246 Å². The quantitative estimate of drug-likeness (QED) is 0.281. The number of rotatable bonds is 8. The SMILES string of the molecule is COc1cc2c(cc1Nc1ncc(Cl)c(Nc3ccccc3S(=O)(=O)C(C)C)n1)CC1(CC1C(=O)C(F)(F)F)NC2C. The highest BCUT2D eigenvalue weighted by Gasteiger charge is 2.64. The number of ketones is 1. The van der Waals surface area contributed by atoms with Gasteiger partial charge in [-0.15, -0.1) is 0 Å². The zero-order chi connectivity index (χ0) is 30.6. The predicted molar refractivity (Wildman–Crippen MR) is 153 cm³/mol. The molecule has 42 heavy (non-hydrogen) atoms. The zero-order valence-corrected chi connectivity index (χ0v) is 24.7. The highest BCUT2D eigenvalue weighted by Crippen LogP contribution is 2.54. The minimum Gasteiger partial charge on any atom is -0.495 e. The Morgan fingerprint density at radius 3 is 2.57 bits per heavy atom. The summed E-state index contributed by atoms with van der Waals surface area (Å²) in [6, 6.07) is 9.65. The standard InChI is InChI=1S/C28H29ClF3N5O4S/c1-14(2)42(39,40)23-8-6-5-7-20(23)34-25-19(29)13-33-26(36-25)35-21-9-16-11-27(12-18(27)24(38)28(30,31)32)37-15(3)17(16)10-22(21)41-4/h5-10,13-15,18,37H,11-12H2,1-4H3,(H2,33,34,35,36).